The lowest BCUT2D eigenvalue weighted by molar-refractivity contribution is -0.132. The van der Waals surface area contributed by atoms with Gasteiger partial charge < -0.3 is 4.74 Å². The zero-order chi connectivity index (χ0) is 16.2. The molecule has 22 heavy (non-hydrogen) atoms. The fourth-order valence-corrected chi connectivity index (χ4v) is 2.29. The maximum atomic E-state index is 12.2. The minimum atomic E-state index is -0.598. The van der Waals surface area contributed by atoms with Crippen LogP contribution in [0, 0.1) is 0 Å². The third-order valence-corrected chi connectivity index (χ3v) is 3.43. The molecule has 6 nitrogen and oxygen atoms in total. The van der Waals surface area contributed by atoms with Crippen LogP contribution in [0.3, 0.4) is 0 Å². The van der Waals surface area contributed by atoms with Crippen molar-refractivity contribution in [2.24, 2.45) is 0 Å². The second kappa shape index (κ2) is 6.89. The van der Waals surface area contributed by atoms with Crippen LogP contribution in [0.2, 0.25) is 0 Å². The smallest absolute Gasteiger partial charge is 0.417 e. The molecule has 1 fully saturated rings. The molecule has 1 aliphatic rings. The zero-order valence-corrected chi connectivity index (χ0v) is 13.2. The van der Waals surface area contributed by atoms with Gasteiger partial charge in [-0.3, -0.25) is 9.63 Å². The Bertz CT molecular complexity index is 530. The minimum absolute atomic E-state index is 0.160. The summed E-state index contributed by atoms with van der Waals surface area (Å²) in [6, 6.07) is 9.52. The molecule has 0 aliphatic carbocycles. The maximum Gasteiger partial charge on any atom is 0.417 e. The predicted octanol–water partition coefficient (Wildman–Crippen LogP) is 2.24. The molecule has 2 rings (SSSR count). The molecule has 2 amide bonds. The molecule has 0 spiro atoms. The number of hydrogen-bond acceptors (Lipinski definition) is 5. The number of benzene rings is 1. The number of amides is 2. The van der Waals surface area contributed by atoms with E-state index in [9.17, 15) is 9.59 Å². The number of hydrogen-bond donors (Lipinski definition) is 1. The molecule has 1 aromatic carbocycles. The summed E-state index contributed by atoms with van der Waals surface area (Å²) in [7, 11) is 0. The summed E-state index contributed by atoms with van der Waals surface area (Å²) in [6.07, 6.45) is -0.416. The summed E-state index contributed by atoms with van der Waals surface area (Å²) in [4.78, 5) is 30.5. The summed E-state index contributed by atoms with van der Waals surface area (Å²) in [5.41, 5.74) is 3.27. The Labute approximate surface area is 130 Å². The lowest BCUT2D eigenvalue weighted by Crippen LogP contribution is -2.47. The molecule has 1 aliphatic heterocycles. The van der Waals surface area contributed by atoms with Crippen molar-refractivity contribution in [2.75, 3.05) is 6.61 Å². The number of carbonyl (C=O) groups is 2. The van der Waals surface area contributed by atoms with E-state index in [0.717, 1.165) is 5.56 Å². The van der Waals surface area contributed by atoms with Gasteiger partial charge in [0.05, 0.1) is 12.1 Å². The van der Waals surface area contributed by atoms with Gasteiger partial charge in [-0.25, -0.2) is 9.69 Å². The second-order valence-electron chi connectivity index (χ2n) is 6.09. The first-order chi connectivity index (χ1) is 10.4. The number of imide groups is 1. The van der Waals surface area contributed by atoms with E-state index in [4.69, 9.17) is 9.57 Å². The highest BCUT2D eigenvalue weighted by atomic mass is 16.6. The molecule has 120 valence electrons. The number of cyclic esters (lactones) is 1. The molecule has 1 atom stereocenters. The number of nitrogens with one attached hydrogen (secondary N) is 1. The van der Waals surface area contributed by atoms with Gasteiger partial charge in [0.2, 0.25) is 5.91 Å². The van der Waals surface area contributed by atoms with Crippen molar-refractivity contribution >= 4 is 12.0 Å². The summed E-state index contributed by atoms with van der Waals surface area (Å²) < 4.78 is 4.94. The minimum Gasteiger partial charge on any atom is -0.447 e. The van der Waals surface area contributed by atoms with E-state index in [0.29, 0.717) is 6.61 Å². The highest BCUT2D eigenvalue weighted by Crippen LogP contribution is 2.24. The molecule has 1 N–H and O–H groups in total. The molecule has 1 saturated heterocycles. The van der Waals surface area contributed by atoms with Gasteiger partial charge in [0.1, 0.15) is 6.61 Å². The molecule has 0 radical (unpaired) electrons. The standard InChI is InChI=1S/C16H22N2O4/c1-12(17-22-10-13-7-5-4-6-8-13)9-14(19)18-15(20)21-11-16(18,2)3/h4-8,12,17H,9-11H2,1-3H3. The molecular weight excluding hydrogens is 284 g/mol. The Morgan fingerprint density at radius 1 is 1.41 bits per heavy atom. The van der Waals surface area contributed by atoms with E-state index in [2.05, 4.69) is 5.48 Å². The summed E-state index contributed by atoms with van der Waals surface area (Å²) >= 11 is 0. The maximum absolute atomic E-state index is 12.2. The van der Waals surface area contributed by atoms with Gasteiger partial charge in [-0.05, 0) is 26.3 Å². The normalized spacial score (nSPS) is 18.1. The van der Waals surface area contributed by atoms with Crippen LogP contribution in [-0.2, 0) is 21.0 Å². The summed E-state index contributed by atoms with van der Waals surface area (Å²) in [5, 5.41) is 0. The number of hydroxylamine groups is 1. The Morgan fingerprint density at radius 3 is 2.68 bits per heavy atom. The number of carbonyl (C=O) groups excluding carboxylic acids is 2. The van der Waals surface area contributed by atoms with Crippen molar-refractivity contribution in [1.29, 1.82) is 0 Å². The average molecular weight is 306 g/mol. The fraction of sp³-hybridized carbons (Fsp3) is 0.500. The van der Waals surface area contributed by atoms with Crippen molar-refractivity contribution in [3.05, 3.63) is 35.9 Å². The van der Waals surface area contributed by atoms with Crippen molar-refractivity contribution in [2.45, 2.75) is 45.4 Å². The van der Waals surface area contributed by atoms with Crippen molar-refractivity contribution in [3.63, 3.8) is 0 Å². The molecule has 0 aromatic heterocycles. The first kappa shape index (κ1) is 16.5. The monoisotopic (exact) mass is 306 g/mol. The molecule has 1 unspecified atom stereocenters. The third-order valence-electron chi connectivity index (χ3n) is 3.43. The van der Waals surface area contributed by atoms with E-state index < -0.39 is 11.6 Å². The average Bonchev–Trinajstić information content (AvgIpc) is 2.73. The zero-order valence-electron chi connectivity index (χ0n) is 13.2. The quantitative estimate of drug-likeness (QED) is 0.816. The van der Waals surface area contributed by atoms with E-state index in [1.165, 1.54) is 4.90 Å². The highest BCUT2D eigenvalue weighted by molar-refractivity contribution is 5.94. The molecule has 0 bridgehead atoms. The van der Waals surface area contributed by atoms with Crippen LogP contribution in [0.4, 0.5) is 4.79 Å². The highest BCUT2D eigenvalue weighted by Gasteiger charge is 2.44. The van der Waals surface area contributed by atoms with Gasteiger partial charge >= 0.3 is 6.09 Å². The predicted molar refractivity (Wildman–Crippen MR) is 80.7 cm³/mol. The van der Waals surface area contributed by atoms with Crippen LogP contribution < -0.4 is 5.48 Å². The largest absolute Gasteiger partial charge is 0.447 e. The Kier molecular flexibility index (Phi) is 5.15. The topological polar surface area (TPSA) is 67.9 Å². The van der Waals surface area contributed by atoms with Crippen LogP contribution in [-0.4, -0.2) is 35.1 Å². The molecule has 1 aromatic rings. The molecule has 6 heteroatoms. The third kappa shape index (κ3) is 4.05. The van der Waals surface area contributed by atoms with Crippen LogP contribution in [0.1, 0.15) is 32.8 Å². The lowest BCUT2D eigenvalue weighted by Gasteiger charge is -2.27. The van der Waals surface area contributed by atoms with Gasteiger partial charge in [-0.15, -0.1) is 0 Å². The first-order valence-electron chi connectivity index (χ1n) is 7.31. The van der Waals surface area contributed by atoms with Crippen LogP contribution >= 0.6 is 0 Å². The van der Waals surface area contributed by atoms with Crippen molar-refractivity contribution in [1.82, 2.24) is 10.4 Å². The SMILES string of the molecule is CC(CC(=O)N1C(=O)OCC1(C)C)NOCc1ccccc1. The Balaban J connectivity index is 1.78. The Hall–Kier alpha value is -1.92. The van der Waals surface area contributed by atoms with E-state index >= 15 is 0 Å². The van der Waals surface area contributed by atoms with Crippen molar-refractivity contribution in [3.8, 4) is 0 Å². The fourth-order valence-electron chi connectivity index (χ4n) is 2.29. The van der Waals surface area contributed by atoms with Gasteiger partial charge in [0, 0.05) is 12.5 Å². The molecule has 1 heterocycles. The van der Waals surface area contributed by atoms with E-state index in [1.807, 2.05) is 37.3 Å². The van der Waals surface area contributed by atoms with Crippen molar-refractivity contribution < 1.29 is 19.2 Å². The number of nitrogens with zero attached hydrogens (tertiary/aromatic N) is 1. The Morgan fingerprint density at radius 2 is 2.09 bits per heavy atom. The van der Waals surface area contributed by atoms with Gasteiger partial charge in [-0.1, -0.05) is 30.3 Å². The number of ether oxygens (including phenoxy) is 1. The van der Waals surface area contributed by atoms with Gasteiger partial charge in [0.15, 0.2) is 0 Å². The lowest BCUT2D eigenvalue weighted by atomic mass is 10.1. The van der Waals surface area contributed by atoms with Crippen LogP contribution in [0.15, 0.2) is 30.3 Å². The van der Waals surface area contributed by atoms with E-state index in [1.54, 1.807) is 13.8 Å². The first-order valence-corrected chi connectivity index (χ1v) is 7.31. The van der Waals surface area contributed by atoms with Crippen LogP contribution in [0.5, 0.6) is 0 Å². The number of rotatable bonds is 6. The summed E-state index contributed by atoms with van der Waals surface area (Å²) in [6.45, 7) is 6.08. The molecular formula is C16H22N2O4. The second-order valence-corrected chi connectivity index (χ2v) is 6.09. The van der Waals surface area contributed by atoms with Gasteiger partial charge in [0.25, 0.3) is 0 Å². The summed E-state index contributed by atoms with van der Waals surface area (Å²) in [5.74, 6) is -0.268. The van der Waals surface area contributed by atoms with Crippen LogP contribution in [0.25, 0.3) is 0 Å². The molecule has 0 saturated carbocycles. The van der Waals surface area contributed by atoms with Gasteiger partial charge in [-0.2, -0.15) is 5.48 Å². The van der Waals surface area contributed by atoms with E-state index in [-0.39, 0.29) is 25.0 Å².